The van der Waals surface area contributed by atoms with Crippen LogP contribution in [0.3, 0.4) is 0 Å². The molecule has 0 aromatic heterocycles. The molecule has 1 aliphatic rings. The molecule has 32 heavy (non-hydrogen) atoms. The van der Waals surface area contributed by atoms with Crippen molar-refractivity contribution in [2.75, 3.05) is 5.32 Å². The van der Waals surface area contributed by atoms with E-state index in [-0.39, 0.29) is 23.6 Å². The van der Waals surface area contributed by atoms with Gasteiger partial charge in [0.25, 0.3) is 0 Å². The first-order chi connectivity index (χ1) is 15.3. The van der Waals surface area contributed by atoms with E-state index in [1.807, 2.05) is 24.3 Å². The van der Waals surface area contributed by atoms with Crippen molar-refractivity contribution in [2.45, 2.75) is 30.8 Å². The molecule has 0 fully saturated rings. The average molecular weight is 453 g/mol. The Morgan fingerprint density at radius 3 is 2.19 bits per heavy atom. The molecule has 1 N–H and O–H groups in total. The second-order valence-corrected chi connectivity index (χ2v) is 9.51. The van der Waals surface area contributed by atoms with Crippen molar-refractivity contribution in [3.8, 4) is 0 Å². The zero-order valence-corrected chi connectivity index (χ0v) is 18.1. The molecule has 0 aliphatic carbocycles. The highest BCUT2D eigenvalue weighted by Gasteiger charge is 2.39. The number of sulfonamides is 1. The molecule has 164 valence electrons. The fourth-order valence-electron chi connectivity index (χ4n) is 3.73. The Morgan fingerprint density at radius 2 is 1.56 bits per heavy atom. The summed E-state index contributed by atoms with van der Waals surface area (Å²) < 4.78 is 41.3. The number of carbonyl (C=O) groups is 2. The lowest BCUT2D eigenvalue weighted by Crippen LogP contribution is -2.50. The number of benzene rings is 3. The molecule has 0 spiro atoms. The Morgan fingerprint density at radius 1 is 0.938 bits per heavy atom. The van der Waals surface area contributed by atoms with Crippen LogP contribution in [-0.2, 0) is 27.8 Å². The second-order valence-electron chi connectivity index (χ2n) is 7.62. The van der Waals surface area contributed by atoms with Crippen LogP contribution in [0.5, 0.6) is 0 Å². The van der Waals surface area contributed by atoms with Gasteiger partial charge in [-0.15, -0.1) is 0 Å². The maximum Gasteiger partial charge on any atom is 0.244 e. The summed E-state index contributed by atoms with van der Waals surface area (Å²) in [6, 6.07) is 17.3. The smallest absolute Gasteiger partial charge is 0.244 e. The maximum atomic E-state index is 13.4. The number of anilines is 1. The fraction of sp³-hybridized carbons (Fsp3) is 0.167. The first-order valence-corrected chi connectivity index (χ1v) is 11.5. The van der Waals surface area contributed by atoms with Crippen LogP contribution in [0.1, 0.15) is 28.4 Å². The van der Waals surface area contributed by atoms with E-state index in [4.69, 9.17) is 0 Å². The number of nitrogens with zero attached hydrogens (tertiary/aromatic N) is 1. The number of carbonyl (C=O) groups excluding carboxylic acids is 2. The van der Waals surface area contributed by atoms with Gasteiger partial charge in [0, 0.05) is 17.8 Å². The quantitative estimate of drug-likeness (QED) is 0.597. The Kier molecular flexibility index (Phi) is 5.90. The van der Waals surface area contributed by atoms with Gasteiger partial charge in [-0.3, -0.25) is 9.59 Å². The van der Waals surface area contributed by atoms with Gasteiger partial charge < -0.3 is 5.32 Å². The van der Waals surface area contributed by atoms with E-state index in [1.54, 1.807) is 24.3 Å². The normalized spacial score (nSPS) is 16.2. The molecular formula is C24H21FN2O4S. The van der Waals surface area contributed by atoms with Crippen molar-refractivity contribution in [3.05, 3.63) is 95.3 Å². The van der Waals surface area contributed by atoms with Gasteiger partial charge in [0.1, 0.15) is 11.9 Å². The van der Waals surface area contributed by atoms with E-state index in [9.17, 15) is 22.4 Å². The minimum absolute atomic E-state index is 0.0250. The van der Waals surface area contributed by atoms with Crippen LogP contribution in [0, 0.1) is 5.82 Å². The molecule has 0 saturated carbocycles. The van der Waals surface area contributed by atoms with E-state index in [2.05, 4.69) is 5.32 Å². The summed E-state index contributed by atoms with van der Waals surface area (Å²) in [5.74, 6) is -1.12. The summed E-state index contributed by atoms with van der Waals surface area (Å²) in [6.07, 6.45) is 0.202. The van der Waals surface area contributed by atoms with Crippen LogP contribution in [-0.4, -0.2) is 30.5 Å². The summed E-state index contributed by atoms with van der Waals surface area (Å²) in [7, 11) is -4.06. The Labute approximate surface area is 185 Å². The fourth-order valence-corrected chi connectivity index (χ4v) is 5.30. The molecule has 8 heteroatoms. The van der Waals surface area contributed by atoms with Crippen LogP contribution in [0.15, 0.2) is 77.7 Å². The predicted molar refractivity (Wildman–Crippen MR) is 118 cm³/mol. The molecule has 6 nitrogen and oxygen atoms in total. The van der Waals surface area contributed by atoms with Gasteiger partial charge in [-0.05, 0) is 73.0 Å². The van der Waals surface area contributed by atoms with E-state index >= 15 is 0 Å². The molecular weight excluding hydrogens is 431 g/mol. The first kappa shape index (κ1) is 21.9. The lowest BCUT2D eigenvalue weighted by atomic mass is 9.95. The minimum Gasteiger partial charge on any atom is -0.325 e. The molecule has 0 unspecified atom stereocenters. The van der Waals surface area contributed by atoms with Crippen molar-refractivity contribution in [1.29, 1.82) is 0 Å². The van der Waals surface area contributed by atoms with Crippen molar-refractivity contribution in [2.24, 2.45) is 0 Å². The zero-order chi connectivity index (χ0) is 22.9. The third kappa shape index (κ3) is 4.32. The largest absolute Gasteiger partial charge is 0.325 e. The van der Waals surface area contributed by atoms with E-state index in [0.29, 0.717) is 11.3 Å². The third-order valence-corrected chi connectivity index (χ3v) is 7.36. The molecule has 0 bridgehead atoms. The van der Waals surface area contributed by atoms with Crippen LogP contribution < -0.4 is 5.32 Å². The lowest BCUT2D eigenvalue weighted by molar-refractivity contribution is -0.120. The highest BCUT2D eigenvalue weighted by Crippen LogP contribution is 2.30. The SMILES string of the molecule is CC(=O)c1ccc(NC(=O)[C@H]2Cc3ccccc3CN2S(=O)(=O)c2ccc(F)cc2)cc1. The Bertz CT molecular complexity index is 1270. The molecule has 4 rings (SSSR count). The minimum atomic E-state index is -4.06. The van der Waals surface area contributed by atoms with Gasteiger partial charge in [-0.1, -0.05) is 24.3 Å². The van der Waals surface area contributed by atoms with Gasteiger partial charge in [0.15, 0.2) is 5.78 Å². The molecule has 0 radical (unpaired) electrons. The number of hydrogen-bond acceptors (Lipinski definition) is 4. The Balaban J connectivity index is 1.67. The third-order valence-electron chi connectivity index (χ3n) is 5.49. The lowest BCUT2D eigenvalue weighted by Gasteiger charge is -2.35. The number of amides is 1. The molecule has 1 amide bonds. The van der Waals surface area contributed by atoms with Crippen molar-refractivity contribution < 1.29 is 22.4 Å². The summed E-state index contributed by atoms with van der Waals surface area (Å²) >= 11 is 0. The van der Waals surface area contributed by atoms with Gasteiger partial charge >= 0.3 is 0 Å². The van der Waals surface area contributed by atoms with Gasteiger partial charge in [-0.25, -0.2) is 12.8 Å². The molecule has 1 heterocycles. The topological polar surface area (TPSA) is 83.6 Å². The number of Topliss-reactive ketones (excluding diaryl/α,β-unsaturated/α-hetero) is 1. The number of halogens is 1. The Hall–Kier alpha value is -3.36. The van der Waals surface area contributed by atoms with Crippen molar-refractivity contribution in [3.63, 3.8) is 0 Å². The summed E-state index contributed by atoms with van der Waals surface area (Å²) in [6.45, 7) is 1.47. The molecule has 1 atom stereocenters. The molecule has 3 aromatic rings. The monoisotopic (exact) mass is 452 g/mol. The second kappa shape index (κ2) is 8.64. The van der Waals surface area contributed by atoms with Gasteiger partial charge in [0.05, 0.1) is 4.90 Å². The number of ketones is 1. The number of rotatable bonds is 5. The van der Waals surface area contributed by atoms with Crippen molar-refractivity contribution in [1.82, 2.24) is 4.31 Å². The number of hydrogen-bond donors (Lipinski definition) is 1. The number of fused-ring (bicyclic) bond motifs is 1. The molecule has 1 aliphatic heterocycles. The maximum absolute atomic E-state index is 13.4. The van der Waals surface area contributed by atoms with E-state index in [0.717, 1.165) is 27.6 Å². The first-order valence-electron chi connectivity index (χ1n) is 10.0. The summed E-state index contributed by atoms with van der Waals surface area (Å²) in [4.78, 5) is 24.6. The van der Waals surface area contributed by atoms with E-state index in [1.165, 1.54) is 19.1 Å². The van der Waals surface area contributed by atoms with Crippen LogP contribution in [0.25, 0.3) is 0 Å². The highest BCUT2D eigenvalue weighted by molar-refractivity contribution is 7.89. The molecule has 3 aromatic carbocycles. The zero-order valence-electron chi connectivity index (χ0n) is 17.3. The highest BCUT2D eigenvalue weighted by atomic mass is 32.2. The van der Waals surface area contributed by atoms with Crippen molar-refractivity contribution >= 4 is 27.4 Å². The average Bonchev–Trinajstić information content (AvgIpc) is 2.78. The standard InChI is InChI=1S/C24H21FN2O4S/c1-16(28)17-6-10-21(11-7-17)26-24(29)23-14-18-4-2-3-5-19(18)15-27(23)32(30,31)22-12-8-20(25)9-13-22/h2-13,23H,14-15H2,1H3,(H,26,29)/t23-/m1/s1. The molecule has 0 saturated heterocycles. The summed E-state index contributed by atoms with van der Waals surface area (Å²) in [5, 5.41) is 2.75. The van der Waals surface area contributed by atoms with Crippen LogP contribution in [0.2, 0.25) is 0 Å². The van der Waals surface area contributed by atoms with Crippen LogP contribution >= 0.6 is 0 Å². The van der Waals surface area contributed by atoms with Crippen LogP contribution in [0.4, 0.5) is 10.1 Å². The van der Waals surface area contributed by atoms with Gasteiger partial charge in [0.2, 0.25) is 15.9 Å². The van der Waals surface area contributed by atoms with E-state index < -0.39 is 27.8 Å². The number of nitrogens with one attached hydrogen (secondary N) is 1. The predicted octanol–water partition coefficient (Wildman–Crippen LogP) is 3.78. The summed E-state index contributed by atoms with van der Waals surface area (Å²) in [5.41, 5.74) is 2.67. The van der Waals surface area contributed by atoms with Gasteiger partial charge in [-0.2, -0.15) is 4.31 Å².